The summed E-state index contributed by atoms with van der Waals surface area (Å²) in [6.07, 6.45) is 3.22. The largest absolute Gasteiger partial charge is 0.355 e. The molecule has 2 atom stereocenters. The minimum absolute atomic E-state index is 0.0562. The van der Waals surface area contributed by atoms with Crippen LogP contribution in [0.3, 0.4) is 0 Å². The van der Waals surface area contributed by atoms with Crippen LogP contribution >= 0.6 is 0 Å². The van der Waals surface area contributed by atoms with Crippen molar-refractivity contribution in [3.8, 4) is 0 Å². The van der Waals surface area contributed by atoms with Crippen LogP contribution in [0.1, 0.15) is 48.4 Å². The number of carbonyl (C=O) groups excluding carboxylic acids is 1. The molecule has 0 heterocycles. The third-order valence-electron chi connectivity index (χ3n) is 4.83. The smallest absolute Gasteiger partial charge is 0.207 e. The summed E-state index contributed by atoms with van der Waals surface area (Å²) in [6, 6.07) is 13.6. The zero-order valence-corrected chi connectivity index (χ0v) is 15.9. The van der Waals surface area contributed by atoms with E-state index < -0.39 is 0 Å². The van der Waals surface area contributed by atoms with Gasteiger partial charge in [0.25, 0.3) is 0 Å². The highest BCUT2D eigenvalue weighted by Crippen LogP contribution is 2.34. The number of hydrogen-bond acceptors (Lipinski definition) is 2. The van der Waals surface area contributed by atoms with Gasteiger partial charge in [0.1, 0.15) is 5.82 Å². The van der Waals surface area contributed by atoms with Gasteiger partial charge in [-0.2, -0.15) is 0 Å². The average Bonchev–Trinajstić information content (AvgIpc) is 2.80. The maximum atomic E-state index is 13.7. The van der Waals surface area contributed by atoms with Crippen LogP contribution in [0.2, 0.25) is 0 Å². The Morgan fingerprint density at radius 1 is 1.15 bits per heavy atom. The second-order valence-corrected chi connectivity index (χ2v) is 6.46. The lowest BCUT2D eigenvalue weighted by atomic mass is 9.86. The molecule has 0 fully saturated rings. The van der Waals surface area contributed by atoms with Gasteiger partial charge in [-0.1, -0.05) is 44.2 Å². The van der Waals surface area contributed by atoms with Crippen molar-refractivity contribution in [2.24, 2.45) is 0 Å². The molecule has 4 heteroatoms. The predicted molar refractivity (Wildman–Crippen MR) is 105 cm³/mol. The first-order valence-corrected chi connectivity index (χ1v) is 9.40. The number of rotatable bonds is 6. The fraction of sp³-hybridized carbons (Fsp3) is 0.409. The average molecular weight is 356 g/mol. The van der Waals surface area contributed by atoms with E-state index in [1.165, 1.54) is 16.7 Å². The summed E-state index contributed by atoms with van der Waals surface area (Å²) in [4.78, 5) is 10.9. The zero-order valence-electron chi connectivity index (χ0n) is 15.9. The summed E-state index contributed by atoms with van der Waals surface area (Å²) in [7, 11) is 1.88. The lowest BCUT2D eigenvalue weighted by Crippen LogP contribution is -2.38. The van der Waals surface area contributed by atoms with Crippen LogP contribution < -0.4 is 10.6 Å². The van der Waals surface area contributed by atoms with Crippen molar-refractivity contribution in [2.45, 2.75) is 45.1 Å². The van der Waals surface area contributed by atoms with Gasteiger partial charge in [-0.05, 0) is 66.6 Å². The maximum Gasteiger partial charge on any atom is 0.207 e. The molecule has 2 aromatic rings. The van der Waals surface area contributed by atoms with Crippen molar-refractivity contribution in [1.82, 2.24) is 10.6 Å². The Labute approximate surface area is 156 Å². The Hall–Kier alpha value is -2.20. The summed E-state index contributed by atoms with van der Waals surface area (Å²) >= 11 is 0. The second-order valence-electron chi connectivity index (χ2n) is 6.46. The van der Waals surface area contributed by atoms with E-state index in [0.717, 1.165) is 31.2 Å². The topological polar surface area (TPSA) is 41.1 Å². The summed E-state index contributed by atoms with van der Waals surface area (Å²) in [5.41, 5.74) is 4.87. The van der Waals surface area contributed by atoms with Crippen molar-refractivity contribution < 1.29 is 9.18 Å². The highest BCUT2D eigenvalue weighted by atomic mass is 19.1. The molecule has 0 radical (unpaired) electrons. The van der Waals surface area contributed by atoms with Gasteiger partial charge in [-0.25, -0.2) is 4.39 Å². The van der Waals surface area contributed by atoms with Crippen molar-refractivity contribution in [1.29, 1.82) is 0 Å². The van der Waals surface area contributed by atoms with E-state index in [1.807, 2.05) is 27.0 Å². The molecular weight excluding hydrogens is 327 g/mol. The quantitative estimate of drug-likeness (QED) is 0.773. The first-order chi connectivity index (χ1) is 12.7. The van der Waals surface area contributed by atoms with Gasteiger partial charge in [0, 0.05) is 12.6 Å². The molecule has 0 saturated carbocycles. The van der Waals surface area contributed by atoms with Gasteiger partial charge in [0.05, 0.1) is 0 Å². The van der Waals surface area contributed by atoms with E-state index in [-0.39, 0.29) is 17.8 Å². The Bertz CT molecular complexity index is 717. The fourth-order valence-electron chi connectivity index (χ4n) is 3.74. The molecule has 3 rings (SSSR count). The molecule has 0 bridgehead atoms. The predicted octanol–water partition coefficient (Wildman–Crippen LogP) is 3.81. The van der Waals surface area contributed by atoms with Gasteiger partial charge in [0.2, 0.25) is 6.41 Å². The monoisotopic (exact) mass is 356 g/mol. The molecule has 1 amide bonds. The third kappa shape index (κ3) is 4.92. The van der Waals surface area contributed by atoms with E-state index >= 15 is 0 Å². The summed E-state index contributed by atoms with van der Waals surface area (Å²) in [5, 5.41) is 6.03. The first kappa shape index (κ1) is 20.1. The number of carbonyl (C=O) groups is 1. The molecule has 0 saturated heterocycles. The normalized spacial score (nSPS) is 16.2. The standard InChI is InChI=1S/C20H23FN2O.C2H6/c1-22-12-19(23-13-24)11-17-9-16-10-18(21)7-6-14(16)8-15-4-2-3-5-20(15)17;1-2/h2-7,10,13,17,19,22H,8-9,11-12H2,1H3,(H,23,24);1-2H3. The molecule has 2 unspecified atom stereocenters. The number of hydrogen-bond donors (Lipinski definition) is 2. The highest BCUT2D eigenvalue weighted by molar-refractivity contribution is 5.47. The molecule has 1 aliphatic rings. The van der Waals surface area contributed by atoms with Crippen LogP contribution in [0.4, 0.5) is 4.39 Å². The highest BCUT2D eigenvalue weighted by Gasteiger charge is 2.24. The van der Waals surface area contributed by atoms with E-state index in [9.17, 15) is 9.18 Å². The molecule has 0 aromatic heterocycles. The summed E-state index contributed by atoms with van der Waals surface area (Å²) in [5.74, 6) is 0.0753. The number of nitrogens with one attached hydrogen (secondary N) is 2. The molecule has 2 aromatic carbocycles. The van der Waals surface area contributed by atoms with Crippen molar-refractivity contribution in [3.05, 3.63) is 70.5 Å². The molecule has 1 aliphatic carbocycles. The molecule has 3 nitrogen and oxygen atoms in total. The molecule has 0 aliphatic heterocycles. The van der Waals surface area contributed by atoms with E-state index in [4.69, 9.17) is 0 Å². The van der Waals surface area contributed by atoms with Crippen molar-refractivity contribution >= 4 is 6.41 Å². The van der Waals surface area contributed by atoms with Crippen LogP contribution in [0.15, 0.2) is 42.5 Å². The van der Waals surface area contributed by atoms with Crippen LogP contribution in [0.5, 0.6) is 0 Å². The number of benzene rings is 2. The summed E-state index contributed by atoms with van der Waals surface area (Å²) in [6.45, 7) is 4.72. The van der Waals surface area contributed by atoms with Crippen molar-refractivity contribution in [2.75, 3.05) is 13.6 Å². The van der Waals surface area contributed by atoms with Crippen LogP contribution in [0.25, 0.3) is 0 Å². The van der Waals surface area contributed by atoms with Gasteiger partial charge >= 0.3 is 0 Å². The SMILES string of the molecule is CC.CNCC(CC1Cc2cc(F)ccc2Cc2ccccc21)NC=O. The van der Waals surface area contributed by atoms with Gasteiger partial charge in [-0.3, -0.25) is 4.79 Å². The number of amides is 1. The minimum Gasteiger partial charge on any atom is -0.355 e. The van der Waals surface area contributed by atoms with Crippen LogP contribution in [-0.2, 0) is 17.6 Å². The van der Waals surface area contributed by atoms with E-state index in [2.05, 4.69) is 34.9 Å². The molecule has 0 spiro atoms. The molecule has 2 N–H and O–H groups in total. The van der Waals surface area contributed by atoms with Crippen LogP contribution in [0, 0.1) is 5.82 Å². The van der Waals surface area contributed by atoms with Gasteiger partial charge in [0.15, 0.2) is 0 Å². The van der Waals surface area contributed by atoms with Crippen LogP contribution in [-0.4, -0.2) is 26.0 Å². The lowest BCUT2D eigenvalue weighted by molar-refractivity contribution is -0.110. The van der Waals surface area contributed by atoms with Crippen molar-refractivity contribution in [3.63, 3.8) is 0 Å². The Morgan fingerprint density at radius 2 is 1.92 bits per heavy atom. The lowest BCUT2D eigenvalue weighted by Gasteiger charge is -2.24. The van der Waals surface area contributed by atoms with Gasteiger partial charge in [-0.15, -0.1) is 0 Å². The maximum absolute atomic E-state index is 13.7. The minimum atomic E-state index is -0.184. The second kappa shape index (κ2) is 10.1. The number of fused-ring (bicyclic) bond motifs is 2. The van der Waals surface area contributed by atoms with Gasteiger partial charge < -0.3 is 10.6 Å². The van der Waals surface area contributed by atoms with E-state index in [1.54, 1.807) is 12.1 Å². The third-order valence-corrected chi connectivity index (χ3v) is 4.83. The molecule has 26 heavy (non-hydrogen) atoms. The summed E-state index contributed by atoms with van der Waals surface area (Å²) < 4.78 is 13.7. The zero-order chi connectivity index (χ0) is 18.9. The Balaban J connectivity index is 0.00000117. The molecular formula is C22H29FN2O. The number of halogens is 1. The van der Waals surface area contributed by atoms with E-state index in [0.29, 0.717) is 6.54 Å². The molecule has 140 valence electrons. The fourth-order valence-corrected chi connectivity index (χ4v) is 3.74. The Morgan fingerprint density at radius 3 is 2.65 bits per heavy atom. The Kier molecular flexibility index (Phi) is 7.79. The number of likely N-dealkylation sites (N-methyl/N-ethyl adjacent to an activating group) is 1. The first-order valence-electron chi connectivity index (χ1n) is 9.40.